The molecule has 0 aromatic heterocycles. The van der Waals surface area contributed by atoms with E-state index in [1.807, 2.05) is 74.6 Å². The average molecular weight is 389 g/mol. The van der Waals surface area contributed by atoms with Gasteiger partial charge < -0.3 is 15.5 Å². The first-order valence-corrected chi connectivity index (χ1v) is 9.36. The van der Waals surface area contributed by atoms with Crippen LogP contribution in [0, 0.1) is 6.92 Å². The third-order valence-corrected chi connectivity index (χ3v) is 4.80. The minimum atomic E-state index is -0.326. The van der Waals surface area contributed by atoms with E-state index in [2.05, 4.69) is 5.32 Å². The number of benzene rings is 2. The molecule has 3 N–H and O–H groups in total. The topological polar surface area (TPSA) is 66.0 Å². The molecule has 0 saturated heterocycles. The number of nitrogens with zero attached hydrogens (tertiary/aromatic N) is 1. The van der Waals surface area contributed by atoms with Crippen LogP contribution in [0.5, 0.6) is 0 Å². The number of anilines is 1. The van der Waals surface area contributed by atoms with Gasteiger partial charge in [0.05, 0.1) is 6.54 Å². The smallest absolute Gasteiger partial charge is 0.280 e. The van der Waals surface area contributed by atoms with Gasteiger partial charge in [0.25, 0.3) is 5.91 Å². The molecule has 0 aliphatic rings. The molecule has 2 rings (SSSR count). The van der Waals surface area contributed by atoms with Crippen molar-refractivity contribution in [2.75, 3.05) is 18.9 Å². The second-order valence-corrected chi connectivity index (χ2v) is 7.31. The van der Waals surface area contributed by atoms with Gasteiger partial charge in [0.1, 0.15) is 6.04 Å². The van der Waals surface area contributed by atoms with Crippen LogP contribution in [0.15, 0.2) is 48.5 Å². The minimum Gasteiger partial charge on any atom is -0.331 e. The van der Waals surface area contributed by atoms with Gasteiger partial charge in [-0.15, -0.1) is 0 Å². The Hall–Kier alpha value is -2.37. The van der Waals surface area contributed by atoms with Crippen LogP contribution in [0.3, 0.4) is 0 Å². The van der Waals surface area contributed by atoms with Gasteiger partial charge in [-0.05, 0) is 39.0 Å². The summed E-state index contributed by atoms with van der Waals surface area (Å²) in [6.07, 6.45) is 0. The normalized spacial score (nSPS) is 12.9. The third-order valence-electron chi connectivity index (χ3n) is 4.45. The van der Waals surface area contributed by atoms with Crippen molar-refractivity contribution in [2.24, 2.45) is 0 Å². The molecule has 2 amide bonds. The third kappa shape index (κ3) is 6.08. The lowest BCUT2D eigenvalue weighted by Gasteiger charge is -2.22. The molecule has 5 nitrogen and oxygen atoms in total. The maximum Gasteiger partial charge on any atom is 0.280 e. The highest BCUT2D eigenvalue weighted by atomic mass is 35.5. The number of hydrogen-bond acceptors (Lipinski definition) is 2. The van der Waals surface area contributed by atoms with Gasteiger partial charge in [0.2, 0.25) is 5.91 Å². The predicted molar refractivity (Wildman–Crippen MR) is 109 cm³/mol. The zero-order valence-electron chi connectivity index (χ0n) is 16.2. The van der Waals surface area contributed by atoms with E-state index in [1.54, 1.807) is 7.05 Å². The molecule has 2 aromatic rings. The summed E-state index contributed by atoms with van der Waals surface area (Å²) in [7, 11) is 1.64. The van der Waals surface area contributed by atoms with Crippen LogP contribution >= 0.6 is 11.6 Å². The first-order chi connectivity index (χ1) is 12.8. The Morgan fingerprint density at radius 3 is 2.37 bits per heavy atom. The van der Waals surface area contributed by atoms with E-state index >= 15 is 0 Å². The van der Waals surface area contributed by atoms with Crippen molar-refractivity contribution in [1.29, 1.82) is 0 Å². The number of likely N-dealkylation sites (N-methyl/N-ethyl adjacent to an activating group) is 1. The number of rotatable bonds is 7. The Labute approximate surface area is 165 Å². The molecule has 2 aromatic carbocycles. The van der Waals surface area contributed by atoms with E-state index < -0.39 is 0 Å². The molecule has 27 heavy (non-hydrogen) atoms. The molecule has 0 unspecified atom stereocenters. The lowest BCUT2D eigenvalue weighted by Crippen LogP contribution is -2.92. The fraction of sp³-hybridized carbons (Fsp3) is 0.333. The molecule has 0 radical (unpaired) electrons. The van der Waals surface area contributed by atoms with Crippen LogP contribution in [0.4, 0.5) is 5.69 Å². The number of hydrogen-bond donors (Lipinski definition) is 2. The van der Waals surface area contributed by atoms with Crippen molar-refractivity contribution in [3.05, 3.63) is 64.7 Å². The van der Waals surface area contributed by atoms with Gasteiger partial charge in [-0.25, -0.2) is 0 Å². The van der Waals surface area contributed by atoms with Crippen LogP contribution in [-0.2, 0) is 9.59 Å². The number of amides is 2. The van der Waals surface area contributed by atoms with E-state index in [4.69, 9.17) is 11.6 Å². The maximum atomic E-state index is 12.6. The van der Waals surface area contributed by atoms with Gasteiger partial charge in [-0.3, -0.25) is 9.59 Å². The number of nitrogens with two attached hydrogens (primary N) is 1. The van der Waals surface area contributed by atoms with Gasteiger partial charge in [0, 0.05) is 23.3 Å². The van der Waals surface area contributed by atoms with E-state index in [0.29, 0.717) is 5.02 Å². The number of halogens is 1. The van der Waals surface area contributed by atoms with Crippen LogP contribution < -0.4 is 10.6 Å². The van der Waals surface area contributed by atoms with E-state index in [0.717, 1.165) is 16.8 Å². The molecule has 0 heterocycles. The summed E-state index contributed by atoms with van der Waals surface area (Å²) in [5.41, 5.74) is 2.83. The number of quaternary nitrogens is 1. The van der Waals surface area contributed by atoms with Crippen molar-refractivity contribution in [3.8, 4) is 0 Å². The minimum absolute atomic E-state index is 0.00532. The van der Waals surface area contributed by atoms with Crippen LogP contribution in [0.25, 0.3) is 0 Å². The Morgan fingerprint density at radius 2 is 1.74 bits per heavy atom. The zero-order valence-corrected chi connectivity index (χ0v) is 17.0. The highest BCUT2D eigenvalue weighted by Gasteiger charge is 2.25. The molecule has 6 heteroatoms. The summed E-state index contributed by atoms with van der Waals surface area (Å²) in [4.78, 5) is 26.2. The summed E-state index contributed by atoms with van der Waals surface area (Å²) in [5.74, 6) is -0.325. The monoisotopic (exact) mass is 388 g/mol. The Bertz CT molecular complexity index is 792. The standard InChI is InChI=1S/C21H26ClN3O2/c1-14-9-11-17(12-10-14)24-20(26)13-25(4)21(27)16(3)23-15(2)18-7-5-6-8-19(18)22/h5-12,15-16,23H,13H2,1-4H3,(H,24,26)/p+1/t15-,16+/m1/s1. The maximum absolute atomic E-state index is 12.6. The zero-order chi connectivity index (χ0) is 20.0. The largest absolute Gasteiger partial charge is 0.331 e. The Balaban J connectivity index is 1.88. The first kappa shape index (κ1) is 20.9. The van der Waals surface area contributed by atoms with Crippen molar-refractivity contribution >= 4 is 29.1 Å². The SMILES string of the molecule is Cc1ccc(NC(=O)CN(C)C(=O)[C@H](C)[NH2+][C@H](C)c2ccccc2Cl)cc1. The highest BCUT2D eigenvalue weighted by molar-refractivity contribution is 6.31. The first-order valence-electron chi connectivity index (χ1n) is 8.99. The number of nitrogens with one attached hydrogen (secondary N) is 1. The second kappa shape index (κ2) is 9.53. The quantitative estimate of drug-likeness (QED) is 0.765. The Morgan fingerprint density at radius 1 is 1.11 bits per heavy atom. The molecule has 0 saturated carbocycles. The molecule has 0 fully saturated rings. The summed E-state index contributed by atoms with van der Waals surface area (Å²) >= 11 is 6.23. The van der Waals surface area contributed by atoms with Crippen LogP contribution in [-0.4, -0.2) is 36.3 Å². The van der Waals surface area contributed by atoms with Crippen molar-refractivity contribution in [2.45, 2.75) is 32.9 Å². The van der Waals surface area contributed by atoms with Crippen LogP contribution in [0.2, 0.25) is 5.02 Å². The predicted octanol–water partition coefficient (Wildman–Crippen LogP) is 2.76. The number of carbonyl (C=O) groups excluding carboxylic acids is 2. The molecular formula is C21H27ClN3O2+. The number of aryl methyl sites for hydroxylation is 1. The molecule has 0 spiro atoms. The number of carbonyl (C=O) groups is 2. The lowest BCUT2D eigenvalue weighted by molar-refractivity contribution is -0.710. The van der Waals surface area contributed by atoms with E-state index in [1.165, 1.54) is 4.90 Å². The van der Waals surface area contributed by atoms with Gasteiger partial charge in [-0.1, -0.05) is 47.5 Å². The summed E-state index contributed by atoms with van der Waals surface area (Å²) in [6.45, 7) is 5.84. The lowest BCUT2D eigenvalue weighted by atomic mass is 10.1. The van der Waals surface area contributed by atoms with Gasteiger partial charge in [0.15, 0.2) is 6.04 Å². The molecule has 0 aliphatic heterocycles. The van der Waals surface area contributed by atoms with Crippen molar-refractivity contribution in [3.63, 3.8) is 0 Å². The van der Waals surface area contributed by atoms with Gasteiger partial charge >= 0.3 is 0 Å². The molecule has 0 aliphatic carbocycles. The fourth-order valence-corrected chi connectivity index (χ4v) is 3.25. The molecule has 2 atom stereocenters. The second-order valence-electron chi connectivity index (χ2n) is 6.90. The highest BCUT2D eigenvalue weighted by Crippen LogP contribution is 2.19. The van der Waals surface area contributed by atoms with Crippen molar-refractivity contribution in [1.82, 2.24) is 4.90 Å². The molecule has 144 valence electrons. The fourth-order valence-electron chi connectivity index (χ4n) is 2.94. The summed E-state index contributed by atoms with van der Waals surface area (Å²) < 4.78 is 0. The van der Waals surface area contributed by atoms with Gasteiger partial charge in [-0.2, -0.15) is 0 Å². The average Bonchev–Trinajstić information content (AvgIpc) is 2.63. The summed E-state index contributed by atoms with van der Waals surface area (Å²) in [6, 6.07) is 14.9. The Kier molecular flexibility index (Phi) is 7.39. The summed E-state index contributed by atoms with van der Waals surface area (Å²) in [5, 5.41) is 5.45. The molecular weight excluding hydrogens is 362 g/mol. The molecule has 0 bridgehead atoms. The van der Waals surface area contributed by atoms with Crippen LogP contribution in [0.1, 0.15) is 31.0 Å². The van der Waals surface area contributed by atoms with E-state index in [9.17, 15) is 9.59 Å². The van der Waals surface area contributed by atoms with Crippen molar-refractivity contribution < 1.29 is 14.9 Å². The van der Waals surface area contributed by atoms with E-state index in [-0.39, 0.29) is 30.4 Å².